The Labute approximate surface area is 79.3 Å². The number of hydrogen-bond acceptors (Lipinski definition) is 5. The van der Waals surface area contributed by atoms with Gasteiger partial charge in [-0.1, -0.05) is 17.2 Å². The second kappa shape index (κ2) is 2.58. The topological polar surface area (TPSA) is 99.3 Å². The van der Waals surface area contributed by atoms with Crippen molar-refractivity contribution >= 4 is 21.7 Å². The zero-order valence-corrected chi connectivity index (χ0v) is 7.59. The van der Waals surface area contributed by atoms with Gasteiger partial charge in [-0.25, -0.2) is 4.55 Å². The molecule has 0 saturated heterocycles. The molecule has 0 aliphatic carbocycles. The zero-order valence-electron chi connectivity index (χ0n) is 6.77. The molecule has 1 heterocycles. The lowest BCUT2D eigenvalue weighted by molar-refractivity contribution is 0.00165. The Bertz CT molecular complexity index is 512. The Morgan fingerprint density at radius 3 is 2.57 bits per heavy atom. The summed E-state index contributed by atoms with van der Waals surface area (Å²) in [5.41, 5.74) is 0.0997. The minimum absolute atomic E-state index is 0.102. The van der Waals surface area contributed by atoms with E-state index < -0.39 is 14.5 Å². The SMILES string of the molecule is O=S(=O)(O)[N+]1(O)N=Nc2ccccc21. The fourth-order valence-electron chi connectivity index (χ4n) is 1.12. The van der Waals surface area contributed by atoms with E-state index in [2.05, 4.69) is 10.3 Å². The van der Waals surface area contributed by atoms with E-state index in [1.165, 1.54) is 18.2 Å². The molecule has 1 aliphatic rings. The van der Waals surface area contributed by atoms with Gasteiger partial charge in [0.25, 0.3) is 0 Å². The summed E-state index contributed by atoms with van der Waals surface area (Å²) in [4.78, 5) is 0. The number of hydrogen-bond donors (Lipinski definition) is 2. The van der Waals surface area contributed by atoms with Crippen LogP contribution < -0.4 is 4.16 Å². The molecule has 0 radical (unpaired) electrons. The van der Waals surface area contributed by atoms with Crippen molar-refractivity contribution < 1.29 is 18.2 Å². The van der Waals surface area contributed by atoms with Crippen LogP contribution in [0.3, 0.4) is 0 Å². The summed E-state index contributed by atoms with van der Waals surface area (Å²) in [6.07, 6.45) is 0. The van der Waals surface area contributed by atoms with E-state index in [0.29, 0.717) is 0 Å². The molecule has 0 saturated carbocycles. The Balaban J connectivity index is 2.71. The lowest BCUT2D eigenvalue weighted by Gasteiger charge is -2.11. The number of quaternary nitrogens is 1. The molecule has 0 amide bonds. The van der Waals surface area contributed by atoms with Crippen LogP contribution in [0.15, 0.2) is 34.6 Å². The molecular weight excluding hydrogens is 210 g/mol. The van der Waals surface area contributed by atoms with E-state index in [1.54, 1.807) is 6.07 Å². The van der Waals surface area contributed by atoms with Gasteiger partial charge in [-0.2, -0.15) is 5.21 Å². The smallest absolute Gasteiger partial charge is 0.237 e. The highest BCUT2D eigenvalue weighted by Gasteiger charge is 2.50. The Morgan fingerprint density at radius 2 is 1.93 bits per heavy atom. The quantitative estimate of drug-likeness (QED) is 0.544. The predicted octanol–water partition coefficient (Wildman–Crippen LogP) is 1.20. The fourth-order valence-corrected chi connectivity index (χ4v) is 1.65. The summed E-state index contributed by atoms with van der Waals surface area (Å²) in [6, 6.07) is 5.89. The van der Waals surface area contributed by atoms with Crippen molar-refractivity contribution in [1.82, 2.24) is 4.16 Å². The standard InChI is InChI=1S/C6H5N3O4S/c10-9(14(11,12)13)6-4-2-1-3-5(6)7-8-9/h1-4,10H/p+1. The number of nitrogens with zero attached hydrogens (tertiary/aromatic N) is 3. The number of para-hydroxylation sites is 1. The van der Waals surface area contributed by atoms with Crippen LogP contribution in [-0.2, 0) is 10.3 Å². The van der Waals surface area contributed by atoms with E-state index in [9.17, 15) is 13.6 Å². The van der Waals surface area contributed by atoms with Crippen LogP contribution in [0.25, 0.3) is 0 Å². The van der Waals surface area contributed by atoms with E-state index in [1.807, 2.05) is 0 Å². The Morgan fingerprint density at radius 1 is 1.29 bits per heavy atom. The zero-order chi connectivity index (χ0) is 10.4. The van der Waals surface area contributed by atoms with Crippen LogP contribution in [0.5, 0.6) is 0 Å². The highest BCUT2D eigenvalue weighted by atomic mass is 32.2. The maximum Gasteiger partial charge on any atom is 0.497 e. The third-order valence-electron chi connectivity index (χ3n) is 1.79. The van der Waals surface area contributed by atoms with Crippen LogP contribution in [-0.4, -0.2) is 18.2 Å². The third-order valence-corrected chi connectivity index (χ3v) is 2.70. The molecule has 1 aromatic rings. The summed E-state index contributed by atoms with van der Waals surface area (Å²) in [6.45, 7) is 0. The molecule has 74 valence electrons. The van der Waals surface area contributed by atoms with Crippen molar-refractivity contribution in [2.75, 3.05) is 0 Å². The van der Waals surface area contributed by atoms with Crippen LogP contribution in [0.1, 0.15) is 0 Å². The van der Waals surface area contributed by atoms with Crippen LogP contribution in [0.2, 0.25) is 0 Å². The molecule has 1 aliphatic heterocycles. The molecule has 0 spiro atoms. The highest BCUT2D eigenvalue weighted by molar-refractivity contribution is 7.85. The lowest BCUT2D eigenvalue weighted by atomic mass is 10.3. The predicted molar refractivity (Wildman–Crippen MR) is 46.1 cm³/mol. The number of benzene rings is 1. The fraction of sp³-hybridized carbons (Fsp3) is 0. The van der Waals surface area contributed by atoms with Gasteiger partial charge >= 0.3 is 10.3 Å². The summed E-state index contributed by atoms with van der Waals surface area (Å²) in [5, 5.41) is 16.0. The third kappa shape index (κ3) is 1.06. The second-order valence-corrected chi connectivity index (χ2v) is 4.07. The van der Waals surface area contributed by atoms with E-state index in [-0.39, 0.29) is 11.4 Å². The van der Waals surface area contributed by atoms with Crippen molar-refractivity contribution in [3.05, 3.63) is 24.3 Å². The molecule has 1 aromatic carbocycles. The molecule has 0 aromatic heterocycles. The Kier molecular flexibility index (Phi) is 1.70. The first-order chi connectivity index (χ1) is 6.45. The Hall–Kier alpha value is -1.35. The molecule has 1 unspecified atom stereocenters. The molecular formula is C6H6N3O4S+. The monoisotopic (exact) mass is 216 g/mol. The maximum absolute atomic E-state index is 10.8. The van der Waals surface area contributed by atoms with Gasteiger partial charge in [0.2, 0.25) is 5.69 Å². The molecule has 0 bridgehead atoms. The minimum Gasteiger partial charge on any atom is -0.237 e. The van der Waals surface area contributed by atoms with Gasteiger partial charge in [0.15, 0.2) is 5.69 Å². The van der Waals surface area contributed by atoms with E-state index in [4.69, 9.17) is 4.55 Å². The molecule has 8 heteroatoms. The molecule has 7 nitrogen and oxygen atoms in total. The van der Waals surface area contributed by atoms with Gasteiger partial charge in [-0.3, -0.25) is 0 Å². The van der Waals surface area contributed by atoms with Gasteiger partial charge in [0, 0.05) is 6.07 Å². The van der Waals surface area contributed by atoms with E-state index >= 15 is 0 Å². The molecule has 2 N–H and O–H groups in total. The van der Waals surface area contributed by atoms with Crippen molar-refractivity contribution in [1.29, 1.82) is 0 Å². The van der Waals surface area contributed by atoms with Gasteiger partial charge in [0.05, 0.1) is 5.22 Å². The van der Waals surface area contributed by atoms with Crippen molar-refractivity contribution in [2.24, 2.45) is 10.3 Å². The lowest BCUT2D eigenvalue weighted by Crippen LogP contribution is -2.43. The van der Waals surface area contributed by atoms with E-state index in [0.717, 1.165) is 0 Å². The first-order valence-corrected chi connectivity index (χ1v) is 4.97. The highest BCUT2D eigenvalue weighted by Crippen LogP contribution is 2.40. The second-order valence-electron chi connectivity index (χ2n) is 2.67. The van der Waals surface area contributed by atoms with Crippen LogP contribution >= 0.6 is 0 Å². The van der Waals surface area contributed by atoms with Crippen molar-refractivity contribution in [3.63, 3.8) is 0 Å². The number of rotatable bonds is 1. The first-order valence-electron chi connectivity index (χ1n) is 3.57. The van der Waals surface area contributed by atoms with Gasteiger partial charge in [0.1, 0.15) is 4.16 Å². The van der Waals surface area contributed by atoms with Crippen molar-refractivity contribution in [2.45, 2.75) is 0 Å². The average Bonchev–Trinajstić information content (AvgIpc) is 2.45. The first kappa shape index (κ1) is 9.21. The minimum atomic E-state index is -4.78. The molecule has 2 rings (SSSR count). The van der Waals surface area contributed by atoms with Crippen molar-refractivity contribution in [3.8, 4) is 0 Å². The number of fused-ring (bicyclic) bond motifs is 1. The summed E-state index contributed by atoms with van der Waals surface area (Å²) in [5.74, 6) is 0. The van der Waals surface area contributed by atoms with Crippen LogP contribution in [0.4, 0.5) is 11.4 Å². The largest absolute Gasteiger partial charge is 0.497 e. The van der Waals surface area contributed by atoms with Gasteiger partial charge in [-0.05, 0) is 6.07 Å². The summed E-state index contributed by atoms with van der Waals surface area (Å²) >= 11 is 0. The van der Waals surface area contributed by atoms with Gasteiger partial charge < -0.3 is 0 Å². The molecule has 0 fully saturated rings. The molecule has 1 atom stereocenters. The molecule has 14 heavy (non-hydrogen) atoms. The normalized spacial score (nSPS) is 25.0. The summed E-state index contributed by atoms with van der Waals surface area (Å²) in [7, 11) is -4.78. The summed E-state index contributed by atoms with van der Waals surface area (Å²) < 4.78 is 28.5. The van der Waals surface area contributed by atoms with Crippen LogP contribution in [0, 0.1) is 0 Å². The average molecular weight is 216 g/mol. The van der Waals surface area contributed by atoms with Gasteiger partial charge in [-0.15, -0.1) is 8.42 Å². The maximum atomic E-state index is 10.8.